The number of aryl methyl sites for hydroxylation is 2. The number of esters is 1. The summed E-state index contributed by atoms with van der Waals surface area (Å²) in [6, 6.07) is 9.00. The van der Waals surface area contributed by atoms with E-state index >= 15 is 0 Å². The average molecular weight is 363 g/mol. The number of halogens is 1. The van der Waals surface area contributed by atoms with Crippen LogP contribution >= 0.6 is 11.6 Å². The van der Waals surface area contributed by atoms with Gasteiger partial charge in [0, 0.05) is 22.3 Å². The lowest BCUT2D eigenvalue weighted by Crippen LogP contribution is -2.21. The zero-order chi connectivity index (χ0) is 18.6. The molecule has 0 aliphatic carbocycles. The number of ether oxygens (including phenoxy) is 1. The summed E-state index contributed by atoms with van der Waals surface area (Å²) >= 11 is 5.87. The van der Waals surface area contributed by atoms with Crippen LogP contribution in [0.15, 0.2) is 36.4 Å². The smallest absolute Gasteiger partial charge is 0.338 e. The fourth-order valence-corrected chi connectivity index (χ4v) is 2.23. The van der Waals surface area contributed by atoms with E-state index in [2.05, 4.69) is 5.32 Å². The van der Waals surface area contributed by atoms with E-state index in [1.807, 2.05) is 0 Å². The first-order chi connectivity index (χ1) is 11.8. The van der Waals surface area contributed by atoms with Crippen LogP contribution in [0, 0.1) is 24.0 Å². The molecule has 7 nitrogen and oxygen atoms in total. The van der Waals surface area contributed by atoms with E-state index in [1.165, 1.54) is 12.1 Å². The third-order valence-corrected chi connectivity index (χ3v) is 3.68. The molecular formula is C17H15ClN2O5. The second-order valence-corrected chi connectivity index (χ2v) is 5.78. The van der Waals surface area contributed by atoms with Crippen molar-refractivity contribution in [2.45, 2.75) is 13.8 Å². The molecule has 0 bridgehead atoms. The predicted octanol–water partition coefficient (Wildman–Crippen LogP) is 3.66. The number of nitro groups is 1. The molecule has 2 aromatic carbocycles. The molecule has 130 valence electrons. The number of anilines is 1. The molecule has 0 spiro atoms. The molecule has 2 aromatic rings. The molecule has 0 heterocycles. The van der Waals surface area contributed by atoms with E-state index in [0.717, 1.165) is 11.6 Å². The van der Waals surface area contributed by atoms with E-state index in [4.69, 9.17) is 16.3 Å². The van der Waals surface area contributed by atoms with Crippen LogP contribution in [0.4, 0.5) is 11.4 Å². The molecule has 0 radical (unpaired) electrons. The van der Waals surface area contributed by atoms with Crippen molar-refractivity contribution in [1.29, 1.82) is 0 Å². The topological polar surface area (TPSA) is 98.5 Å². The largest absolute Gasteiger partial charge is 0.452 e. The Hall–Kier alpha value is -2.93. The maximum absolute atomic E-state index is 12.0. The molecule has 0 saturated heterocycles. The van der Waals surface area contributed by atoms with Crippen LogP contribution < -0.4 is 5.32 Å². The van der Waals surface area contributed by atoms with Crippen LogP contribution in [0.5, 0.6) is 0 Å². The van der Waals surface area contributed by atoms with Crippen molar-refractivity contribution < 1.29 is 19.2 Å². The van der Waals surface area contributed by atoms with Crippen LogP contribution in [-0.2, 0) is 9.53 Å². The van der Waals surface area contributed by atoms with Crippen LogP contribution in [0.3, 0.4) is 0 Å². The fourth-order valence-electron chi connectivity index (χ4n) is 2.06. The molecule has 8 heteroatoms. The summed E-state index contributed by atoms with van der Waals surface area (Å²) in [6.45, 7) is 2.84. The first-order valence-electron chi connectivity index (χ1n) is 7.26. The molecule has 1 N–H and O–H groups in total. The lowest BCUT2D eigenvalue weighted by molar-refractivity contribution is -0.385. The minimum absolute atomic E-state index is 0.00374. The van der Waals surface area contributed by atoms with Crippen LogP contribution in [-0.4, -0.2) is 23.4 Å². The lowest BCUT2D eigenvalue weighted by Gasteiger charge is -2.09. The van der Waals surface area contributed by atoms with Crippen LogP contribution in [0.2, 0.25) is 5.02 Å². The van der Waals surface area contributed by atoms with E-state index in [9.17, 15) is 19.7 Å². The molecule has 0 aliphatic heterocycles. The average Bonchev–Trinajstić information content (AvgIpc) is 2.56. The Kier molecular flexibility index (Phi) is 5.71. The number of carbonyl (C=O) groups excluding carboxylic acids is 2. The quantitative estimate of drug-likeness (QED) is 0.497. The number of nitrogens with one attached hydrogen (secondary N) is 1. The van der Waals surface area contributed by atoms with Crippen molar-refractivity contribution in [2.24, 2.45) is 0 Å². The maximum atomic E-state index is 12.0. The highest BCUT2D eigenvalue weighted by Crippen LogP contribution is 2.21. The highest BCUT2D eigenvalue weighted by Gasteiger charge is 2.17. The predicted molar refractivity (Wildman–Crippen MR) is 92.9 cm³/mol. The standard InChI is InChI=1S/C17H15ClN2O5/c1-10-4-6-13(18)8-14(10)19-16(21)9-25-17(22)12-5-3-11(2)15(7-12)20(23)24/h3-8H,9H2,1-2H3,(H,19,21). The van der Waals surface area contributed by atoms with Gasteiger partial charge in [-0.25, -0.2) is 4.79 Å². The van der Waals surface area contributed by atoms with Gasteiger partial charge in [0.2, 0.25) is 0 Å². The van der Waals surface area contributed by atoms with Crippen molar-refractivity contribution >= 4 is 34.9 Å². The molecule has 0 aromatic heterocycles. The summed E-state index contributed by atoms with van der Waals surface area (Å²) in [5.41, 5.74) is 1.56. The van der Waals surface area contributed by atoms with E-state index in [-0.39, 0.29) is 11.3 Å². The minimum Gasteiger partial charge on any atom is -0.452 e. The van der Waals surface area contributed by atoms with Crippen LogP contribution in [0.25, 0.3) is 0 Å². The summed E-state index contributed by atoms with van der Waals surface area (Å²) in [5.74, 6) is -1.36. The Morgan fingerprint density at radius 1 is 1.16 bits per heavy atom. The Morgan fingerprint density at radius 3 is 2.52 bits per heavy atom. The van der Waals surface area contributed by atoms with E-state index < -0.39 is 23.4 Å². The third-order valence-electron chi connectivity index (χ3n) is 3.45. The van der Waals surface area contributed by atoms with Crippen molar-refractivity contribution in [2.75, 3.05) is 11.9 Å². The number of hydrogen-bond donors (Lipinski definition) is 1. The highest BCUT2D eigenvalue weighted by atomic mass is 35.5. The molecule has 0 saturated carbocycles. The Bertz CT molecular complexity index is 851. The van der Waals surface area contributed by atoms with E-state index in [0.29, 0.717) is 16.3 Å². The Labute approximate surface area is 148 Å². The number of benzene rings is 2. The normalized spacial score (nSPS) is 10.2. The monoisotopic (exact) mass is 362 g/mol. The zero-order valence-electron chi connectivity index (χ0n) is 13.5. The molecule has 0 unspecified atom stereocenters. The third kappa shape index (κ3) is 4.77. The van der Waals surface area contributed by atoms with Crippen LogP contribution in [0.1, 0.15) is 21.5 Å². The molecular weight excluding hydrogens is 348 g/mol. The van der Waals surface area contributed by atoms with Gasteiger partial charge in [-0.2, -0.15) is 0 Å². The van der Waals surface area contributed by atoms with Crippen molar-refractivity contribution in [1.82, 2.24) is 0 Å². The number of nitro benzene ring substituents is 1. The second kappa shape index (κ2) is 7.76. The molecule has 0 fully saturated rings. The fraction of sp³-hybridized carbons (Fsp3) is 0.176. The maximum Gasteiger partial charge on any atom is 0.338 e. The first-order valence-corrected chi connectivity index (χ1v) is 7.64. The number of hydrogen-bond acceptors (Lipinski definition) is 5. The van der Waals surface area contributed by atoms with Gasteiger partial charge >= 0.3 is 5.97 Å². The number of nitrogens with zero attached hydrogens (tertiary/aromatic N) is 1. The molecule has 0 aliphatic rings. The van der Waals surface area contributed by atoms with Crippen molar-refractivity contribution in [3.05, 3.63) is 68.2 Å². The summed E-state index contributed by atoms with van der Waals surface area (Å²) in [4.78, 5) is 34.2. The van der Waals surface area contributed by atoms with Gasteiger partial charge in [0.1, 0.15) is 0 Å². The summed E-state index contributed by atoms with van der Waals surface area (Å²) in [7, 11) is 0. The van der Waals surface area contributed by atoms with Gasteiger partial charge < -0.3 is 10.1 Å². The van der Waals surface area contributed by atoms with Gasteiger partial charge in [-0.1, -0.05) is 23.7 Å². The second-order valence-electron chi connectivity index (χ2n) is 5.34. The first kappa shape index (κ1) is 18.4. The SMILES string of the molecule is Cc1ccc(Cl)cc1NC(=O)COC(=O)c1ccc(C)c([N+](=O)[O-])c1. The van der Waals surface area contributed by atoms with Crippen molar-refractivity contribution in [3.8, 4) is 0 Å². The lowest BCUT2D eigenvalue weighted by atomic mass is 10.1. The number of amides is 1. The molecule has 0 atom stereocenters. The zero-order valence-corrected chi connectivity index (χ0v) is 14.3. The Morgan fingerprint density at radius 2 is 1.84 bits per heavy atom. The Balaban J connectivity index is 2.00. The minimum atomic E-state index is -0.818. The number of carbonyl (C=O) groups is 2. The molecule has 25 heavy (non-hydrogen) atoms. The van der Waals surface area contributed by atoms with Gasteiger partial charge in [-0.3, -0.25) is 14.9 Å². The highest BCUT2D eigenvalue weighted by molar-refractivity contribution is 6.31. The van der Waals surface area contributed by atoms with Gasteiger partial charge in [0.25, 0.3) is 11.6 Å². The van der Waals surface area contributed by atoms with E-state index in [1.54, 1.807) is 32.0 Å². The molecule has 1 amide bonds. The van der Waals surface area contributed by atoms with Gasteiger partial charge in [0.05, 0.1) is 10.5 Å². The van der Waals surface area contributed by atoms with Gasteiger partial charge in [-0.15, -0.1) is 0 Å². The molecule has 2 rings (SSSR count). The van der Waals surface area contributed by atoms with Crippen molar-refractivity contribution in [3.63, 3.8) is 0 Å². The van der Waals surface area contributed by atoms with Gasteiger partial charge in [0.15, 0.2) is 6.61 Å². The van der Waals surface area contributed by atoms with Gasteiger partial charge in [-0.05, 0) is 37.6 Å². The number of rotatable bonds is 5. The summed E-state index contributed by atoms with van der Waals surface area (Å²) < 4.78 is 4.90. The summed E-state index contributed by atoms with van der Waals surface area (Å²) in [5, 5.41) is 14.0. The summed E-state index contributed by atoms with van der Waals surface area (Å²) in [6.07, 6.45) is 0.